The van der Waals surface area contributed by atoms with E-state index in [9.17, 15) is 19.2 Å². The molecule has 1 aromatic carbocycles. The average Bonchev–Trinajstić information content (AvgIpc) is 3.27. The van der Waals surface area contributed by atoms with Crippen molar-refractivity contribution in [2.75, 3.05) is 10.6 Å². The number of carbonyl (C=O) groups is 2. The SMILES string of the molecule is CC(=O)Nc1cccc(NC(=O)Cn2c(=O)n(Cc3cccs3)c(=O)c3ncccc32)c1. The molecule has 0 spiro atoms. The molecule has 2 amide bonds. The molecule has 0 fully saturated rings. The quantitative estimate of drug-likeness (QED) is 0.469. The molecule has 32 heavy (non-hydrogen) atoms. The summed E-state index contributed by atoms with van der Waals surface area (Å²) in [6.45, 7) is 1.18. The number of thiophene rings is 1. The monoisotopic (exact) mass is 449 g/mol. The molecule has 3 heterocycles. The van der Waals surface area contributed by atoms with Crippen LogP contribution in [0.15, 0.2) is 69.7 Å². The summed E-state index contributed by atoms with van der Waals surface area (Å²) in [6, 6.07) is 13.5. The van der Waals surface area contributed by atoms with Crippen molar-refractivity contribution < 1.29 is 9.59 Å². The van der Waals surface area contributed by atoms with Gasteiger partial charge in [-0.25, -0.2) is 9.78 Å². The van der Waals surface area contributed by atoms with Crippen LogP contribution in [0.4, 0.5) is 11.4 Å². The summed E-state index contributed by atoms with van der Waals surface area (Å²) in [4.78, 5) is 55.0. The van der Waals surface area contributed by atoms with Gasteiger partial charge in [0.05, 0.1) is 12.1 Å². The molecule has 0 unspecified atom stereocenters. The molecule has 0 bridgehead atoms. The van der Waals surface area contributed by atoms with Gasteiger partial charge in [-0.15, -0.1) is 11.3 Å². The Labute approximate surface area is 186 Å². The number of nitrogens with one attached hydrogen (secondary N) is 2. The molecule has 0 aliphatic rings. The number of fused-ring (bicyclic) bond motifs is 1. The minimum atomic E-state index is -0.592. The van der Waals surface area contributed by atoms with Crippen LogP contribution in [0.1, 0.15) is 11.8 Å². The third-order valence-electron chi connectivity index (χ3n) is 4.65. The fraction of sp³-hybridized carbons (Fsp3) is 0.136. The molecule has 0 radical (unpaired) electrons. The van der Waals surface area contributed by atoms with Gasteiger partial charge in [0.1, 0.15) is 6.54 Å². The fourth-order valence-corrected chi connectivity index (χ4v) is 4.01. The van der Waals surface area contributed by atoms with Crippen molar-refractivity contribution in [3.8, 4) is 0 Å². The summed E-state index contributed by atoms with van der Waals surface area (Å²) in [5.41, 5.74) is 0.302. The van der Waals surface area contributed by atoms with Gasteiger partial charge in [-0.2, -0.15) is 0 Å². The van der Waals surface area contributed by atoms with Crippen LogP contribution in [0.5, 0.6) is 0 Å². The van der Waals surface area contributed by atoms with E-state index in [1.807, 2.05) is 17.5 Å². The first kappa shape index (κ1) is 21.2. The number of nitrogens with zero attached hydrogens (tertiary/aromatic N) is 3. The number of pyridine rings is 1. The van der Waals surface area contributed by atoms with Crippen LogP contribution in [0.2, 0.25) is 0 Å². The van der Waals surface area contributed by atoms with E-state index in [2.05, 4.69) is 15.6 Å². The number of hydrogen-bond donors (Lipinski definition) is 2. The van der Waals surface area contributed by atoms with E-state index in [4.69, 9.17) is 0 Å². The number of benzene rings is 1. The Morgan fingerprint density at radius 2 is 1.78 bits per heavy atom. The van der Waals surface area contributed by atoms with E-state index in [1.54, 1.807) is 36.4 Å². The van der Waals surface area contributed by atoms with Gasteiger partial charge in [0.15, 0.2) is 5.52 Å². The van der Waals surface area contributed by atoms with Crippen molar-refractivity contribution in [2.45, 2.75) is 20.0 Å². The van der Waals surface area contributed by atoms with Crippen molar-refractivity contribution in [3.63, 3.8) is 0 Å². The zero-order valence-electron chi connectivity index (χ0n) is 17.1. The molecular weight excluding hydrogens is 430 g/mol. The number of carbonyl (C=O) groups excluding carboxylic acids is 2. The predicted molar refractivity (Wildman–Crippen MR) is 123 cm³/mol. The van der Waals surface area contributed by atoms with Gasteiger partial charge in [0.2, 0.25) is 11.8 Å². The largest absolute Gasteiger partial charge is 0.332 e. The van der Waals surface area contributed by atoms with Crippen LogP contribution in [-0.2, 0) is 22.7 Å². The molecule has 3 aromatic heterocycles. The predicted octanol–water partition coefficient (Wildman–Crippen LogP) is 2.27. The molecule has 0 aliphatic carbocycles. The lowest BCUT2D eigenvalue weighted by atomic mass is 10.2. The van der Waals surface area contributed by atoms with Crippen LogP contribution in [0.3, 0.4) is 0 Å². The molecule has 4 aromatic rings. The number of rotatable bonds is 6. The summed E-state index contributed by atoms with van der Waals surface area (Å²) in [6.07, 6.45) is 1.47. The molecule has 2 N–H and O–H groups in total. The topological polar surface area (TPSA) is 115 Å². The summed E-state index contributed by atoms with van der Waals surface area (Å²) in [7, 11) is 0. The first-order valence-corrected chi connectivity index (χ1v) is 10.6. The van der Waals surface area contributed by atoms with E-state index in [-0.39, 0.29) is 30.0 Å². The lowest BCUT2D eigenvalue weighted by Crippen LogP contribution is -2.42. The van der Waals surface area contributed by atoms with Crippen LogP contribution >= 0.6 is 11.3 Å². The van der Waals surface area contributed by atoms with Crippen LogP contribution in [0.25, 0.3) is 11.0 Å². The van der Waals surface area contributed by atoms with Crippen molar-refractivity contribution in [1.29, 1.82) is 0 Å². The molecule has 162 valence electrons. The number of amides is 2. The molecule has 10 heteroatoms. The van der Waals surface area contributed by atoms with Gasteiger partial charge in [-0.1, -0.05) is 12.1 Å². The van der Waals surface area contributed by atoms with E-state index < -0.39 is 17.2 Å². The van der Waals surface area contributed by atoms with Crippen LogP contribution < -0.4 is 21.9 Å². The number of aromatic nitrogens is 3. The second-order valence-corrected chi connectivity index (χ2v) is 8.05. The summed E-state index contributed by atoms with van der Waals surface area (Å²) in [5, 5.41) is 7.23. The van der Waals surface area contributed by atoms with Gasteiger partial charge in [-0.05, 0) is 41.8 Å². The smallest absolute Gasteiger partial charge is 0.326 e. The normalized spacial score (nSPS) is 10.8. The van der Waals surface area contributed by atoms with Gasteiger partial charge >= 0.3 is 5.69 Å². The lowest BCUT2D eigenvalue weighted by Gasteiger charge is -2.13. The molecular formula is C22H19N5O4S. The van der Waals surface area contributed by atoms with E-state index in [0.717, 1.165) is 9.44 Å². The Morgan fingerprint density at radius 3 is 2.50 bits per heavy atom. The molecule has 0 atom stereocenters. The van der Waals surface area contributed by atoms with E-state index >= 15 is 0 Å². The van der Waals surface area contributed by atoms with Crippen LogP contribution in [-0.4, -0.2) is 25.9 Å². The number of hydrogen-bond acceptors (Lipinski definition) is 6. The highest BCUT2D eigenvalue weighted by Gasteiger charge is 2.17. The Bertz CT molecular complexity index is 1420. The molecule has 0 aliphatic heterocycles. The van der Waals surface area contributed by atoms with Gasteiger partial charge in [-0.3, -0.25) is 23.5 Å². The van der Waals surface area contributed by atoms with Gasteiger partial charge in [0, 0.05) is 29.4 Å². The third kappa shape index (κ3) is 4.49. The molecule has 0 saturated carbocycles. The fourth-order valence-electron chi connectivity index (χ4n) is 3.32. The number of anilines is 2. The highest BCUT2D eigenvalue weighted by Crippen LogP contribution is 2.15. The maximum atomic E-state index is 13.2. The molecule has 0 saturated heterocycles. The van der Waals surface area contributed by atoms with Gasteiger partial charge < -0.3 is 10.6 Å². The van der Waals surface area contributed by atoms with Crippen molar-refractivity contribution >= 4 is 45.6 Å². The Hall–Kier alpha value is -4.05. The van der Waals surface area contributed by atoms with E-state index in [1.165, 1.54) is 29.0 Å². The molecule has 4 rings (SSSR count). The first-order valence-electron chi connectivity index (χ1n) is 9.70. The second kappa shape index (κ2) is 8.98. The first-order chi connectivity index (χ1) is 15.4. The van der Waals surface area contributed by atoms with Crippen molar-refractivity contribution in [3.05, 3.63) is 85.8 Å². The Kier molecular flexibility index (Phi) is 5.95. The summed E-state index contributed by atoms with van der Waals surface area (Å²) in [5.74, 6) is -0.689. The molecule has 9 nitrogen and oxygen atoms in total. The minimum absolute atomic E-state index is 0.0994. The maximum Gasteiger partial charge on any atom is 0.332 e. The van der Waals surface area contributed by atoms with E-state index in [0.29, 0.717) is 11.4 Å². The Morgan fingerprint density at radius 1 is 1.00 bits per heavy atom. The second-order valence-electron chi connectivity index (χ2n) is 7.02. The average molecular weight is 449 g/mol. The lowest BCUT2D eigenvalue weighted by molar-refractivity contribution is -0.117. The third-order valence-corrected chi connectivity index (χ3v) is 5.51. The zero-order valence-corrected chi connectivity index (χ0v) is 17.9. The summed E-state index contributed by atoms with van der Waals surface area (Å²) < 4.78 is 2.33. The highest BCUT2D eigenvalue weighted by atomic mass is 32.1. The van der Waals surface area contributed by atoms with Gasteiger partial charge in [0.25, 0.3) is 5.56 Å². The zero-order chi connectivity index (χ0) is 22.7. The van der Waals surface area contributed by atoms with Crippen LogP contribution in [0, 0.1) is 0 Å². The standard InChI is InChI=1S/C22H19N5O4S/c1-14(28)24-15-5-2-6-16(11-15)25-19(29)13-26-18-8-3-9-23-20(18)21(30)27(22(26)31)12-17-7-4-10-32-17/h2-11H,12-13H2,1H3,(H,24,28)(H,25,29). The minimum Gasteiger partial charge on any atom is -0.326 e. The maximum absolute atomic E-state index is 13.2. The van der Waals surface area contributed by atoms with Crippen molar-refractivity contribution in [1.82, 2.24) is 14.1 Å². The Balaban J connectivity index is 1.68. The van der Waals surface area contributed by atoms with Crippen molar-refractivity contribution in [2.24, 2.45) is 0 Å². The summed E-state index contributed by atoms with van der Waals surface area (Å²) >= 11 is 1.43. The highest BCUT2D eigenvalue weighted by molar-refractivity contribution is 7.09.